The number of carbonyl (C=O) groups excluding carboxylic acids is 1. The van der Waals surface area contributed by atoms with Crippen molar-refractivity contribution in [3.8, 4) is 0 Å². The summed E-state index contributed by atoms with van der Waals surface area (Å²) in [5.74, 6) is 0.576. The highest BCUT2D eigenvalue weighted by molar-refractivity contribution is 7.98. The molecule has 1 aromatic heterocycles. The van der Waals surface area contributed by atoms with Gasteiger partial charge in [0.15, 0.2) is 0 Å². The molecule has 1 unspecified atom stereocenters. The zero-order valence-corrected chi connectivity index (χ0v) is 14.6. The third-order valence-corrected chi connectivity index (χ3v) is 6.73. The van der Waals surface area contributed by atoms with Gasteiger partial charge < -0.3 is 11.1 Å². The molecule has 9 heteroatoms. The molecule has 0 aromatic carbocycles. The van der Waals surface area contributed by atoms with Gasteiger partial charge in [-0.3, -0.25) is 4.79 Å². The third kappa shape index (κ3) is 5.59. The fourth-order valence-electron chi connectivity index (χ4n) is 1.53. The first-order chi connectivity index (χ1) is 9.89. The normalized spacial score (nSPS) is 13.3. The van der Waals surface area contributed by atoms with E-state index in [1.165, 1.54) is 22.7 Å². The monoisotopic (exact) mass is 351 g/mol. The number of thiophene rings is 1. The van der Waals surface area contributed by atoms with Crippen molar-refractivity contribution < 1.29 is 13.2 Å². The van der Waals surface area contributed by atoms with E-state index in [2.05, 4.69) is 5.32 Å². The number of nitrogens with zero attached hydrogens (tertiary/aromatic N) is 1. The van der Waals surface area contributed by atoms with Gasteiger partial charge in [-0.1, -0.05) is 6.07 Å². The van der Waals surface area contributed by atoms with E-state index < -0.39 is 16.1 Å². The molecule has 0 aliphatic carbocycles. The number of hydrogen-bond donors (Lipinski definition) is 2. The molecular formula is C12H21N3O3S3. The summed E-state index contributed by atoms with van der Waals surface area (Å²) in [5.41, 5.74) is 5.73. The van der Waals surface area contributed by atoms with Crippen molar-refractivity contribution in [2.24, 2.45) is 5.73 Å². The van der Waals surface area contributed by atoms with Gasteiger partial charge in [-0.25, -0.2) is 8.42 Å². The number of hydrogen-bond acceptors (Lipinski definition) is 6. The maximum Gasteiger partial charge on any atom is 0.252 e. The minimum atomic E-state index is -3.46. The Kier molecular flexibility index (Phi) is 7.67. The molecule has 1 atom stereocenters. The predicted molar refractivity (Wildman–Crippen MR) is 88.1 cm³/mol. The standard InChI is InChI=1S/C12H21N3O3S3/c1-15(21(17,18)11-4-3-8-20-11)7-6-14-12(16)10(13)5-9-19-2/h3-4,8,10H,5-7,9,13H2,1-2H3,(H,14,16). The fraction of sp³-hybridized carbons (Fsp3) is 0.583. The van der Waals surface area contributed by atoms with Gasteiger partial charge in [0.05, 0.1) is 6.04 Å². The van der Waals surface area contributed by atoms with E-state index in [1.54, 1.807) is 29.3 Å². The molecular weight excluding hydrogens is 330 g/mol. The first-order valence-electron chi connectivity index (χ1n) is 6.41. The van der Waals surface area contributed by atoms with E-state index in [-0.39, 0.29) is 19.0 Å². The van der Waals surface area contributed by atoms with Crippen LogP contribution in [0.25, 0.3) is 0 Å². The smallest absolute Gasteiger partial charge is 0.252 e. The number of likely N-dealkylation sites (N-methyl/N-ethyl adjacent to an activating group) is 1. The second-order valence-corrected chi connectivity index (χ2v) is 8.64. The molecule has 120 valence electrons. The van der Waals surface area contributed by atoms with Gasteiger partial charge in [0.25, 0.3) is 10.0 Å². The Morgan fingerprint density at radius 3 is 2.86 bits per heavy atom. The summed E-state index contributed by atoms with van der Waals surface area (Å²) in [4.78, 5) is 11.7. The quantitative estimate of drug-likeness (QED) is 0.678. The zero-order valence-electron chi connectivity index (χ0n) is 12.1. The van der Waals surface area contributed by atoms with Crippen LogP contribution in [-0.2, 0) is 14.8 Å². The molecule has 0 spiro atoms. The topological polar surface area (TPSA) is 92.5 Å². The minimum Gasteiger partial charge on any atom is -0.353 e. The van der Waals surface area contributed by atoms with E-state index in [1.807, 2.05) is 6.26 Å². The summed E-state index contributed by atoms with van der Waals surface area (Å²) in [6, 6.07) is 2.71. The zero-order chi connectivity index (χ0) is 15.9. The summed E-state index contributed by atoms with van der Waals surface area (Å²) >= 11 is 2.80. The summed E-state index contributed by atoms with van der Waals surface area (Å²) in [5, 5.41) is 4.38. The molecule has 21 heavy (non-hydrogen) atoms. The Morgan fingerprint density at radius 2 is 2.29 bits per heavy atom. The number of thioether (sulfide) groups is 1. The number of nitrogens with one attached hydrogen (secondary N) is 1. The van der Waals surface area contributed by atoms with Crippen molar-refractivity contribution in [3.63, 3.8) is 0 Å². The summed E-state index contributed by atoms with van der Waals surface area (Å²) in [6.45, 7) is 0.453. The van der Waals surface area contributed by atoms with Gasteiger partial charge in [-0.05, 0) is 29.9 Å². The van der Waals surface area contributed by atoms with Crippen molar-refractivity contribution >= 4 is 39.0 Å². The lowest BCUT2D eigenvalue weighted by atomic mass is 10.2. The van der Waals surface area contributed by atoms with Crippen LogP contribution in [0.4, 0.5) is 0 Å². The van der Waals surface area contributed by atoms with Crippen molar-refractivity contribution in [2.75, 3.05) is 32.1 Å². The van der Waals surface area contributed by atoms with Crippen molar-refractivity contribution in [3.05, 3.63) is 17.5 Å². The molecule has 0 radical (unpaired) electrons. The molecule has 0 saturated carbocycles. The first-order valence-corrected chi connectivity index (χ1v) is 10.1. The number of rotatable bonds is 9. The van der Waals surface area contributed by atoms with Gasteiger partial charge in [0.2, 0.25) is 5.91 Å². The molecule has 1 heterocycles. The molecule has 1 aromatic rings. The van der Waals surface area contributed by atoms with Gasteiger partial charge in [-0.2, -0.15) is 16.1 Å². The Morgan fingerprint density at radius 1 is 1.57 bits per heavy atom. The third-order valence-electron chi connectivity index (χ3n) is 2.86. The summed E-state index contributed by atoms with van der Waals surface area (Å²) < 4.78 is 25.8. The second-order valence-electron chi connectivity index (χ2n) is 4.44. The van der Waals surface area contributed by atoms with Crippen LogP contribution in [0.1, 0.15) is 6.42 Å². The van der Waals surface area contributed by atoms with Crippen molar-refractivity contribution in [1.82, 2.24) is 9.62 Å². The molecule has 3 N–H and O–H groups in total. The van der Waals surface area contributed by atoms with E-state index in [9.17, 15) is 13.2 Å². The van der Waals surface area contributed by atoms with Crippen LogP contribution in [0.15, 0.2) is 21.7 Å². The van der Waals surface area contributed by atoms with Crippen molar-refractivity contribution in [1.29, 1.82) is 0 Å². The lowest BCUT2D eigenvalue weighted by molar-refractivity contribution is -0.122. The maximum absolute atomic E-state index is 12.1. The molecule has 0 aliphatic heterocycles. The SMILES string of the molecule is CSCCC(N)C(=O)NCCN(C)S(=O)(=O)c1cccs1. The summed E-state index contributed by atoms with van der Waals surface area (Å²) in [6.07, 6.45) is 2.56. The highest BCUT2D eigenvalue weighted by Crippen LogP contribution is 2.19. The molecule has 0 saturated heterocycles. The van der Waals surface area contributed by atoms with Crippen LogP contribution >= 0.6 is 23.1 Å². The molecule has 0 fully saturated rings. The fourth-order valence-corrected chi connectivity index (χ4v) is 4.39. The van der Waals surface area contributed by atoms with Crippen LogP contribution in [-0.4, -0.2) is 56.8 Å². The lowest BCUT2D eigenvalue weighted by Gasteiger charge is -2.17. The second kappa shape index (κ2) is 8.74. The largest absolute Gasteiger partial charge is 0.353 e. The Bertz CT molecular complexity index is 531. The molecule has 6 nitrogen and oxygen atoms in total. The van der Waals surface area contributed by atoms with Gasteiger partial charge >= 0.3 is 0 Å². The maximum atomic E-state index is 12.1. The van der Waals surface area contributed by atoms with Crippen LogP contribution < -0.4 is 11.1 Å². The van der Waals surface area contributed by atoms with Gasteiger partial charge in [-0.15, -0.1) is 11.3 Å². The van der Waals surface area contributed by atoms with E-state index >= 15 is 0 Å². The molecule has 0 bridgehead atoms. The van der Waals surface area contributed by atoms with Crippen LogP contribution in [0, 0.1) is 0 Å². The minimum absolute atomic E-state index is 0.210. The predicted octanol–water partition coefficient (Wildman–Crippen LogP) is 0.565. The van der Waals surface area contributed by atoms with E-state index in [0.29, 0.717) is 10.6 Å². The average molecular weight is 352 g/mol. The number of amides is 1. The van der Waals surface area contributed by atoms with Crippen LogP contribution in [0.3, 0.4) is 0 Å². The first kappa shape index (κ1) is 18.4. The number of sulfonamides is 1. The number of carbonyl (C=O) groups is 1. The van der Waals surface area contributed by atoms with Crippen LogP contribution in [0.2, 0.25) is 0 Å². The Hall–Kier alpha value is -0.610. The summed E-state index contributed by atoms with van der Waals surface area (Å²) in [7, 11) is -1.97. The highest BCUT2D eigenvalue weighted by Gasteiger charge is 2.21. The Balaban J connectivity index is 2.40. The average Bonchev–Trinajstić information content (AvgIpc) is 2.99. The Labute approximate surface area is 134 Å². The van der Waals surface area contributed by atoms with Crippen LogP contribution in [0.5, 0.6) is 0 Å². The lowest BCUT2D eigenvalue weighted by Crippen LogP contribution is -2.44. The molecule has 0 aliphatic rings. The van der Waals surface area contributed by atoms with Gasteiger partial charge in [0.1, 0.15) is 4.21 Å². The molecule has 1 amide bonds. The van der Waals surface area contributed by atoms with Gasteiger partial charge in [0, 0.05) is 20.1 Å². The highest BCUT2D eigenvalue weighted by atomic mass is 32.2. The number of nitrogens with two attached hydrogens (primary N) is 1. The van der Waals surface area contributed by atoms with Crippen molar-refractivity contribution in [2.45, 2.75) is 16.7 Å². The van der Waals surface area contributed by atoms with E-state index in [4.69, 9.17) is 5.73 Å². The molecule has 1 rings (SSSR count). The van der Waals surface area contributed by atoms with E-state index in [0.717, 1.165) is 5.75 Å².